The van der Waals surface area contributed by atoms with Crippen LogP contribution in [0.15, 0.2) is 109 Å². The Morgan fingerprint density at radius 3 is 2.22 bits per heavy atom. The van der Waals surface area contributed by atoms with Crippen LogP contribution in [0.1, 0.15) is 34.5 Å². The van der Waals surface area contributed by atoms with Crippen LogP contribution in [0.3, 0.4) is 0 Å². The molecule has 1 aliphatic rings. The van der Waals surface area contributed by atoms with Gasteiger partial charge in [0.15, 0.2) is 0 Å². The third-order valence-corrected chi connectivity index (χ3v) is 6.76. The largest absolute Gasteiger partial charge is 0.489 e. The summed E-state index contributed by atoms with van der Waals surface area (Å²) in [7, 11) is 0. The van der Waals surface area contributed by atoms with Crippen molar-refractivity contribution in [3.63, 3.8) is 0 Å². The highest BCUT2D eigenvalue weighted by Gasteiger charge is 2.34. The van der Waals surface area contributed by atoms with E-state index in [0.717, 1.165) is 44.7 Å². The van der Waals surface area contributed by atoms with Crippen molar-refractivity contribution in [2.24, 2.45) is 0 Å². The zero-order valence-corrected chi connectivity index (χ0v) is 20.1. The van der Waals surface area contributed by atoms with Gasteiger partial charge in [0, 0.05) is 29.1 Å². The second kappa shape index (κ2) is 9.31. The molecule has 0 saturated carbocycles. The lowest BCUT2D eigenvalue weighted by Gasteiger charge is -2.34. The summed E-state index contributed by atoms with van der Waals surface area (Å²) in [6, 6.07) is 36.1. The first-order valence-corrected chi connectivity index (χ1v) is 12.3. The molecule has 0 spiro atoms. The zero-order valence-electron chi connectivity index (χ0n) is 20.1. The molecule has 0 fully saturated rings. The lowest BCUT2D eigenvalue weighted by molar-refractivity contribution is 0.0977. The molecule has 4 nitrogen and oxygen atoms in total. The molecule has 1 unspecified atom stereocenters. The maximum absolute atomic E-state index is 14.0. The number of pyridine rings is 1. The van der Waals surface area contributed by atoms with Gasteiger partial charge in [0.2, 0.25) is 0 Å². The molecular formula is C32H26N2O2. The average molecular weight is 471 g/mol. The lowest BCUT2D eigenvalue weighted by atomic mass is 9.86. The molecule has 0 bridgehead atoms. The van der Waals surface area contributed by atoms with Gasteiger partial charge in [0.25, 0.3) is 5.91 Å². The van der Waals surface area contributed by atoms with Crippen molar-refractivity contribution < 1.29 is 9.53 Å². The number of nitrogens with zero attached hydrogens (tertiary/aromatic N) is 2. The van der Waals surface area contributed by atoms with Crippen LogP contribution >= 0.6 is 0 Å². The highest BCUT2D eigenvalue weighted by molar-refractivity contribution is 6.16. The molecule has 176 valence electrons. The highest BCUT2D eigenvalue weighted by atomic mass is 16.5. The van der Waals surface area contributed by atoms with Gasteiger partial charge in [-0.1, -0.05) is 85.8 Å². The molecule has 1 aliphatic heterocycles. The first kappa shape index (κ1) is 22.1. The Hall–Kier alpha value is -4.44. The molecule has 4 heteroatoms. The van der Waals surface area contributed by atoms with Gasteiger partial charge in [-0.2, -0.15) is 0 Å². The maximum atomic E-state index is 14.0. The second-order valence-electron chi connectivity index (χ2n) is 9.22. The standard InChI is InChI=1S/C32H26N2O2/c1-22-20-34(25-12-6-3-7-13-25)32(35)30-29(27-14-8-9-15-28(27)33-31(22)30)24-16-18-26(19-17-24)36-21-23-10-4-2-5-11-23/h2-19,22H,20-21H2,1H3. The van der Waals surface area contributed by atoms with Crippen molar-refractivity contribution in [2.45, 2.75) is 19.4 Å². The van der Waals surface area contributed by atoms with E-state index in [-0.39, 0.29) is 11.8 Å². The third-order valence-electron chi connectivity index (χ3n) is 6.76. The number of carbonyl (C=O) groups excluding carboxylic acids is 1. The fourth-order valence-electron chi connectivity index (χ4n) is 4.97. The first-order chi connectivity index (χ1) is 17.7. The summed E-state index contributed by atoms with van der Waals surface area (Å²) in [4.78, 5) is 20.8. The van der Waals surface area contributed by atoms with E-state index in [1.165, 1.54) is 0 Å². The molecule has 4 aromatic carbocycles. The minimum atomic E-state index is -0.00745. The van der Waals surface area contributed by atoms with E-state index in [0.29, 0.717) is 18.7 Å². The SMILES string of the molecule is CC1CN(c2ccccc2)C(=O)c2c1nc1ccccc1c2-c1ccc(OCc2ccccc2)cc1. The summed E-state index contributed by atoms with van der Waals surface area (Å²) in [5.74, 6) is 0.891. The summed E-state index contributed by atoms with van der Waals surface area (Å²) in [6.07, 6.45) is 0. The Kier molecular flexibility index (Phi) is 5.70. The van der Waals surface area contributed by atoms with Crippen molar-refractivity contribution in [2.75, 3.05) is 11.4 Å². The number of anilines is 1. The van der Waals surface area contributed by atoms with Crippen LogP contribution in [0.4, 0.5) is 5.69 Å². The minimum Gasteiger partial charge on any atom is -0.489 e. The number of rotatable bonds is 5. The Morgan fingerprint density at radius 2 is 1.47 bits per heavy atom. The minimum absolute atomic E-state index is 0.00745. The van der Waals surface area contributed by atoms with Gasteiger partial charge in [0.1, 0.15) is 12.4 Å². The maximum Gasteiger partial charge on any atom is 0.260 e. The summed E-state index contributed by atoms with van der Waals surface area (Å²) in [5, 5.41) is 0.977. The summed E-state index contributed by atoms with van der Waals surface area (Å²) in [5.41, 5.74) is 6.40. The predicted octanol–water partition coefficient (Wildman–Crippen LogP) is 7.24. The highest BCUT2D eigenvalue weighted by Crippen LogP contribution is 2.40. The number of hydrogen-bond donors (Lipinski definition) is 0. The number of fused-ring (bicyclic) bond motifs is 2. The van der Waals surface area contributed by atoms with Crippen molar-refractivity contribution in [1.82, 2.24) is 4.98 Å². The number of aromatic nitrogens is 1. The number of carbonyl (C=O) groups is 1. The molecule has 2 heterocycles. The first-order valence-electron chi connectivity index (χ1n) is 12.3. The molecule has 1 atom stereocenters. The van der Waals surface area contributed by atoms with E-state index in [1.54, 1.807) is 0 Å². The van der Waals surface area contributed by atoms with E-state index in [2.05, 4.69) is 25.1 Å². The van der Waals surface area contributed by atoms with Crippen molar-refractivity contribution in [3.8, 4) is 16.9 Å². The quantitative estimate of drug-likeness (QED) is 0.272. The Balaban J connectivity index is 1.44. The summed E-state index contributed by atoms with van der Waals surface area (Å²) in [6.45, 7) is 3.26. The predicted molar refractivity (Wildman–Crippen MR) is 144 cm³/mol. The van der Waals surface area contributed by atoms with Gasteiger partial charge in [0.05, 0.1) is 16.8 Å². The number of hydrogen-bond acceptors (Lipinski definition) is 3. The summed E-state index contributed by atoms with van der Waals surface area (Å²) >= 11 is 0. The monoisotopic (exact) mass is 470 g/mol. The molecule has 1 amide bonds. The van der Waals surface area contributed by atoms with E-state index < -0.39 is 0 Å². The van der Waals surface area contributed by atoms with Crippen LogP contribution in [0, 0.1) is 0 Å². The Bertz CT molecular complexity index is 1530. The average Bonchev–Trinajstić information content (AvgIpc) is 2.94. The molecule has 0 radical (unpaired) electrons. The molecule has 6 rings (SSSR count). The van der Waals surface area contributed by atoms with E-state index in [1.807, 2.05) is 95.9 Å². The number of ether oxygens (including phenoxy) is 1. The van der Waals surface area contributed by atoms with Crippen LogP contribution in [0.25, 0.3) is 22.0 Å². The van der Waals surface area contributed by atoms with Gasteiger partial charge in [-0.05, 0) is 41.5 Å². The molecule has 0 saturated heterocycles. The van der Waals surface area contributed by atoms with Crippen molar-refractivity contribution in [3.05, 3.63) is 126 Å². The number of para-hydroxylation sites is 2. The van der Waals surface area contributed by atoms with Gasteiger partial charge in [-0.25, -0.2) is 0 Å². The van der Waals surface area contributed by atoms with Gasteiger partial charge in [-0.3, -0.25) is 9.78 Å². The van der Waals surface area contributed by atoms with Crippen LogP contribution in [-0.2, 0) is 6.61 Å². The van der Waals surface area contributed by atoms with Crippen molar-refractivity contribution >= 4 is 22.5 Å². The van der Waals surface area contributed by atoms with E-state index in [4.69, 9.17) is 9.72 Å². The molecule has 0 N–H and O–H groups in total. The fraction of sp³-hybridized carbons (Fsp3) is 0.125. The lowest BCUT2D eigenvalue weighted by Crippen LogP contribution is -2.40. The van der Waals surface area contributed by atoms with Crippen LogP contribution in [0.2, 0.25) is 0 Å². The smallest absolute Gasteiger partial charge is 0.260 e. The molecule has 0 aliphatic carbocycles. The normalized spacial score (nSPS) is 15.1. The van der Waals surface area contributed by atoms with Gasteiger partial charge >= 0.3 is 0 Å². The second-order valence-corrected chi connectivity index (χ2v) is 9.22. The van der Waals surface area contributed by atoms with Crippen molar-refractivity contribution in [1.29, 1.82) is 0 Å². The van der Waals surface area contributed by atoms with Crippen LogP contribution in [-0.4, -0.2) is 17.4 Å². The van der Waals surface area contributed by atoms with E-state index >= 15 is 0 Å². The third kappa shape index (κ3) is 4.01. The van der Waals surface area contributed by atoms with Crippen LogP contribution in [0.5, 0.6) is 5.75 Å². The van der Waals surface area contributed by atoms with Gasteiger partial charge < -0.3 is 9.64 Å². The van der Waals surface area contributed by atoms with Gasteiger partial charge in [-0.15, -0.1) is 0 Å². The van der Waals surface area contributed by atoms with Crippen LogP contribution < -0.4 is 9.64 Å². The fourth-order valence-corrected chi connectivity index (χ4v) is 4.97. The molecule has 1 aromatic heterocycles. The topological polar surface area (TPSA) is 42.4 Å². The molecule has 5 aromatic rings. The van der Waals surface area contributed by atoms with E-state index in [9.17, 15) is 4.79 Å². The summed E-state index contributed by atoms with van der Waals surface area (Å²) < 4.78 is 6.01. The number of amides is 1. The molecule has 36 heavy (non-hydrogen) atoms. The Morgan fingerprint density at radius 1 is 0.806 bits per heavy atom. The number of benzene rings is 4. The Labute approximate surface area is 210 Å². The molecular weight excluding hydrogens is 444 g/mol. The zero-order chi connectivity index (χ0) is 24.5.